The van der Waals surface area contributed by atoms with Crippen molar-refractivity contribution in [2.45, 2.75) is 25.2 Å². The van der Waals surface area contributed by atoms with E-state index in [9.17, 15) is 4.79 Å². The molecule has 1 fully saturated rings. The van der Waals surface area contributed by atoms with E-state index in [1.165, 1.54) is 0 Å². The molecule has 0 radical (unpaired) electrons. The summed E-state index contributed by atoms with van der Waals surface area (Å²) < 4.78 is 4.99. The molecular weight excluding hydrogens is 202 g/mol. The lowest BCUT2D eigenvalue weighted by molar-refractivity contribution is 0.0524. The Hall–Kier alpha value is -1.82. The van der Waals surface area contributed by atoms with E-state index in [0.29, 0.717) is 12.2 Å². The number of hydrogen-bond donors (Lipinski definition) is 0. The molecular formula is C13H13NO2. The van der Waals surface area contributed by atoms with Crippen LogP contribution in [0.15, 0.2) is 24.3 Å². The van der Waals surface area contributed by atoms with Gasteiger partial charge in [0.25, 0.3) is 0 Å². The Balaban J connectivity index is 2.40. The number of nitriles is 1. The Morgan fingerprint density at radius 2 is 2.19 bits per heavy atom. The third-order valence-electron chi connectivity index (χ3n) is 2.90. The highest BCUT2D eigenvalue weighted by Crippen LogP contribution is 2.48. The van der Waals surface area contributed by atoms with Crippen LogP contribution >= 0.6 is 0 Å². The fourth-order valence-corrected chi connectivity index (χ4v) is 1.85. The fraction of sp³-hybridized carbons (Fsp3) is 0.385. The average Bonchev–Trinajstić information content (AvgIpc) is 3.10. The largest absolute Gasteiger partial charge is 0.462 e. The van der Waals surface area contributed by atoms with Crippen LogP contribution in [0.4, 0.5) is 0 Å². The number of nitrogens with zero attached hydrogens (tertiary/aromatic N) is 1. The summed E-state index contributed by atoms with van der Waals surface area (Å²) in [5.74, 6) is -0.334. The van der Waals surface area contributed by atoms with Crippen molar-refractivity contribution in [1.29, 1.82) is 5.26 Å². The molecule has 82 valence electrons. The molecule has 0 atom stereocenters. The van der Waals surface area contributed by atoms with Crippen LogP contribution in [0.1, 0.15) is 35.7 Å². The maximum atomic E-state index is 11.7. The van der Waals surface area contributed by atoms with Gasteiger partial charge in [0.05, 0.1) is 23.7 Å². The second-order valence-electron chi connectivity index (χ2n) is 3.96. The SMILES string of the molecule is CCOC(=O)c1ccccc1C1(C#N)CC1. The quantitative estimate of drug-likeness (QED) is 0.727. The normalized spacial score (nSPS) is 16.2. The first-order valence-electron chi connectivity index (χ1n) is 5.41. The van der Waals surface area contributed by atoms with Gasteiger partial charge in [-0.3, -0.25) is 0 Å². The zero-order chi connectivity index (χ0) is 11.6. The number of esters is 1. The highest BCUT2D eigenvalue weighted by atomic mass is 16.5. The number of carbonyl (C=O) groups is 1. The summed E-state index contributed by atoms with van der Waals surface area (Å²) in [6.45, 7) is 2.13. The van der Waals surface area contributed by atoms with Crippen molar-refractivity contribution in [2.75, 3.05) is 6.61 Å². The van der Waals surface area contributed by atoms with E-state index in [0.717, 1.165) is 18.4 Å². The zero-order valence-corrected chi connectivity index (χ0v) is 9.19. The molecule has 16 heavy (non-hydrogen) atoms. The van der Waals surface area contributed by atoms with Crippen LogP contribution in [0.3, 0.4) is 0 Å². The predicted molar refractivity (Wildman–Crippen MR) is 58.9 cm³/mol. The second kappa shape index (κ2) is 3.97. The minimum absolute atomic E-state index is 0.334. The molecule has 1 aliphatic carbocycles. The molecule has 0 amide bonds. The summed E-state index contributed by atoms with van der Waals surface area (Å²) >= 11 is 0. The van der Waals surface area contributed by atoms with Gasteiger partial charge in [0.15, 0.2) is 0 Å². The number of rotatable bonds is 3. The summed E-state index contributed by atoms with van der Waals surface area (Å²) in [6, 6.07) is 9.53. The van der Waals surface area contributed by atoms with E-state index in [2.05, 4.69) is 6.07 Å². The van der Waals surface area contributed by atoms with Crippen molar-refractivity contribution in [3.8, 4) is 6.07 Å². The van der Waals surface area contributed by atoms with Crippen LogP contribution in [-0.2, 0) is 10.2 Å². The summed E-state index contributed by atoms with van der Waals surface area (Å²) in [6.07, 6.45) is 1.67. The lowest BCUT2D eigenvalue weighted by atomic mass is 9.93. The van der Waals surface area contributed by atoms with Crippen LogP contribution in [0.5, 0.6) is 0 Å². The van der Waals surface area contributed by atoms with Gasteiger partial charge >= 0.3 is 5.97 Å². The monoisotopic (exact) mass is 215 g/mol. The lowest BCUT2D eigenvalue weighted by Crippen LogP contribution is -2.13. The topological polar surface area (TPSA) is 50.1 Å². The van der Waals surface area contributed by atoms with Crippen molar-refractivity contribution in [1.82, 2.24) is 0 Å². The van der Waals surface area contributed by atoms with Crippen molar-refractivity contribution in [2.24, 2.45) is 0 Å². The lowest BCUT2D eigenvalue weighted by Gasteiger charge is -2.11. The molecule has 1 aliphatic rings. The van der Waals surface area contributed by atoms with Crippen LogP contribution in [0.2, 0.25) is 0 Å². The Kier molecular flexibility index (Phi) is 2.66. The molecule has 0 aliphatic heterocycles. The van der Waals surface area contributed by atoms with Gasteiger partial charge in [-0.1, -0.05) is 18.2 Å². The van der Waals surface area contributed by atoms with Gasteiger partial charge < -0.3 is 4.74 Å². The summed E-state index contributed by atoms with van der Waals surface area (Å²) in [4.78, 5) is 11.7. The first-order chi connectivity index (χ1) is 7.73. The van der Waals surface area contributed by atoms with Gasteiger partial charge in [-0.2, -0.15) is 5.26 Å². The highest BCUT2D eigenvalue weighted by molar-refractivity contribution is 5.92. The van der Waals surface area contributed by atoms with Crippen molar-refractivity contribution in [3.63, 3.8) is 0 Å². The van der Waals surface area contributed by atoms with Crippen LogP contribution < -0.4 is 0 Å². The van der Waals surface area contributed by atoms with Gasteiger partial charge in [-0.05, 0) is 31.4 Å². The smallest absolute Gasteiger partial charge is 0.338 e. The fourth-order valence-electron chi connectivity index (χ4n) is 1.85. The second-order valence-corrected chi connectivity index (χ2v) is 3.96. The molecule has 3 heteroatoms. The first kappa shape index (κ1) is 10.7. The Morgan fingerprint density at radius 3 is 2.75 bits per heavy atom. The minimum atomic E-state index is -0.441. The van der Waals surface area contributed by atoms with E-state index >= 15 is 0 Å². The van der Waals surface area contributed by atoms with Crippen LogP contribution in [0, 0.1) is 11.3 Å². The maximum absolute atomic E-state index is 11.7. The molecule has 3 nitrogen and oxygen atoms in total. The van der Waals surface area contributed by atoms with Crippen molar-refractivity contribution in [3.05, 3.63) is 35.4 Å². The number of ether oxygens (including phenoxy) is 1. The Morgan fingerprint density at radius 1 is 1.50 bits per heavy atom. The third-order valence-corrected chi connectivity index (χ3v) is 2.90. The standard InChI is InChI=1S/C13H13NO2/c1-2-16-12(15)10-5-3-4-6-11(10)13(9-14)7-8-13/h3-6H,2,7-8H2,1H3. The van der Waals surface area contributed by atoms with Crippen LogP contribution in [0.25, 0.3) is 0 Å². The van der Waals surface area contributed by atoms with Gasteiger partial charge in [0, 0.05) is 0 Å². The molecule has 0 N–H and O–H groups in total. The van der Waals surface area contributed by atoms with E-state index < -0.39 is 5.41 Å². The third kappa shape index (κ3) is 1.67. The van der Waals surface area contributed by atoms with E-state index in [-0.39, 0.29) is 5.97 Å². The molecule has 1 aromatic rings. The van der Waals surface area contributed by atoms with E-state index in [1.54, 1.807) is 19.1 Å². The number of carbonyl (C=O) groups excluding carboxylic acids is 1. The predicted octanol–water partition coefficient (Wildman–Crippen LogP) is 2.42. The average molecular weight is 215 g/mol. The summed E-state index contributed by atoms with van der Waals surface area (Å²) in [5, 5.41) is 9.14. The number of benzene rings is 1. The molecule has 1 aromatic carbocycles. The molecule has 0 aromatic heterocycles. The van der Waals surface area contributed by atoms with Gasteiger partial charge in [0.1, 0.15) is 0 Å². The summed E-state index contributed by atoms with van der Waals surface area (Å²) in [5.41, 5.74) is 0.906. The molecule has 1 saturated carbocycles. The van der Waals surface area contributed by atoms with E-state index in [1.807, 2.05) is 12.1 Å². The van der Waals surface area contributed by atoms with Crippen LogP contribution in [-0.4, -0.2) is 12.6 Å². The Labute approximate surface area is 94.6 Å². The Bertz CT molecular complexity index is 455. The van der Waals surface area contributed by atoms with Crippen molar-refractivity contribution >= 4 is 5.97 Å². The van der Waals surface area contributed by atoms with Gasteiger partial charge in [-0.25, -0.2) is 4.79 Å². The van der Waals surface area contributed by atoms with Crippen molar-refractivity contribution < 1.29 is 9.53 Å². The highest BCUT2D eigenvalue weighted by Gasteiger charge is 2.46. The molecule has 0 unspecified atom stereocenters. The number of hydrogen-bond acceptors (Lipinski definition) is 3. The minimum Gasteiger partial charge on any atom is -0.462 e. The first-order valence-corrected chi connectivity index (χ1v) is 5.41. The molecule has 0 bridgehead atoms. The molecule has 2 rings (SSSR count). The zero-order valence-electron chi connectivity index (χ0n) is 9.19. The van der Waals surface area contributed by atoms with Gasteiger partial charge in [0.2, 0.25) is 0 Å². The molecule has 0 saturated heterocycles. The van der Waals surface area contributed by atoms with Gasteiger partial charge in [-0.15, -0.1) is 0 Å². The molecule has 0 spiro atoms. The van der Waals surface area contributed by atoms with E-state index in [4.69, 9.17) is 10.00 Å². The molecule has 0 heterocycles. The maximum Gasteiger partial charge on any atom is 0.338 e. The summed E-state index contributed by atoms with van der Waals surface area (Å²) in [7, 11) is 0.